The minimum Gasteiger partial charge on any atom is -0.297 e. The average molecular weight is 209 g/mol. The highest BCUT2D eigenvalue weighted by Gasteiger charge is 2.46. The Bertz CT molecular complexity index is 266. The Hall–Kier alpha value is -0.370. The maximum Gasteiger partial charge on any atom is 0.155 e. The normalized spacial score (nSPS) is 36.9. The molecule has 2 heteroatoms. The van der Waals surface area contributed by atoms with Gasteiger partial charge in [0.25, 0.3) is 0 Å². The lowest BCUT2D eigenvalue weighted by molar-refractivity contribution is -0.130. The molecule has 0 aromatic rings. The van der Waals surface area contributed by atoms with E-state index >= 15 is 0 Å². The number of ketones is 1. The third-order valence-corrected chi connectivity index (χ3v) is 4.20. The van der Waals surface area contributed by atoms with Crippen LogP contribution in [-0.4, -0.2) is 29.8 Å². The predicted octanol–water partition coefficient (Wildman–Crippen LogP) is 2.47. The van der Waals surface area contributed by atoms with Crippen LogP contribution in [-0.2, 0) is 4.79 Å². The van der Waals surface area contributed by atoms with Crippen LogP contribution >= 0.6 is 0 Å². The maximum atomic E-state index is 12.3. The molecule has 2 rings (SSSR count). The molecule has 0 N–H and O–H groups in total. The van der Waals surface area contributed by atoms with E-state index in [1.165, 1.54) is 19.3 Å². The van der Waals surface area contributed by atoms with Crippen LogP contribution in [0.3, 0.4) is 0 Å². The highest BCUT2D eigenvalue weighted by Crippen LogP contribution is 2.41. The molecule has 0 radical (unpaired) electrons. The summed E-state index contributed by atoms with van der Waals surface area (Å²) in [6, 6.07) is 0.890. The van der Waals surface area contributed by atoms with Crippen molar-refractivity contribution in [1.82, 2.24) is 4.90 Å². The zero-order valence-corrected chi connectivity index (χ0v) is 10.4. The van der Waals surface area contributed by atoms with E-state index in [0.29, 0.717) is 11.8 Å². The predicted molar refractivity (Wildman–Crippen MR) is 61.8 cm³/mol. The first kappa shape index (κ1) is 11.1. The maximum absolute atomic E-state index is 12.3. The molecule has 0 aromatic heterocycles. The van der Waals surface area contributed by atoms with Crippen LogP contribution in [0.4, 0.5) is 0 Å². The molecule has 3 unspecified atom stereocenters. The summed E-state index contributed by atoms with van der Waals surface area (Å²) in [6.07, 6.45) is 5.10. The van der Waals surface area contributed by atoms with E-state index in [4.69, 9.17) is 0 Å². The number of likely N-dealkylation sites (N-methyl/N-ethyl adjacent to an activating group) is 1. The molecule has 1 saturated heterocycles. The molecular formula is C13H23NO. The van der Waals surface area contributed by atoms with Crippen molar-refractivity contribution in [3.8, 4) is 0 Å². The summed E-state index contributed by atoms with van der Waals surface area (Å²) < 4.78 is 0. The van der Waals surface area contributed by atoms with E-state index in [2.05, 4.69) is 11.9 Å². The van der Waals surface area contributed by atoms with E-state index < -0.39 is 0 Å². The largest absolute Gasteiger partial charge is 0.297 e. The number of nitrogens with zero attached hydrogens (tertiary/aromatic N) is 1. The van der Waals surface area contributed by atoms with Gasteiger partial charge in [-0.1, -0.05) is 27.2 Å². The fraction of sp³-hybridized carbons (Fsp3) is 0.923. The van der Waals surface area contributed by atoms with Gasteiger partial charge in [-0.25, -0.2) is 0 Å². The Morgan fingerprint density at radius 2 is 1.93 bits per heavy atom. The van der Waals surface area contributed by atoms with Crippen LogP contribution in [0, 0.1) is 11.3 Å². The summed E-state index contributed by atoms with van der Waals surface area (Å²) in [5.74, 6) is 1.23. The number of hydrogen-bond acceptors (Lipinski definition) is 2. The minimum atomic E-state index is -0.183. The molecule has 86 valence electrons. The Kier molecular flexibility index (Phi) is 2.66. The quantitative estimate of drug-likeness (QED) is 0.661. The Morgan fingerprint density at radius 1 is 1.27 bits per heavy atom. The van der Waals surface area contributed by atoms with Crippen LogP contribution in [0.15, 0.2) is 0 Å². The molecule has 3 atom stereocenters. The van der Waals surface area contributed by atoms with E-state index in [1.807, 2.05) is 20.8 Å². The fourth-order valence-corrected chi connectivity index (χ4v) is 3.30. The van der Waals surface area contributed by atoms with Gasteiger partial charge in [-0.2, -0.15) is 0 Å². The van der Waals surface area contributed by atoms with Crippen LogP contribution in [0.25, 0.3) is 0 Å². The van der Waals surface area contributed by atoms with Crippen molar-refractivity contribution in [2.24, 2.45) is 11.3 Å². The standard InChI is InChI=1S/C13H23NO/c1-13(2,3)12(15)11-8-9-6-5-7-10(9)14(11)4/h9-11H,5-8H2,1-4H3. The summed E-state index contributed by atoms with van der Waals surface area (Å²) in [7, 11) is 2.14. The second-order valence-electron chi connectivity index (χ2n) is 6.29. The molecule has 2 aliphatic rings. The second kappa shape index (κ2) is 3.58. The van der Waals surface area contributed by atoms with Gasteiger partial charge in [0.1, 0.15) is 0 Å². The molecule has 1 saturated carbocycles. The second-order valence-corrected chi connectivity index (χ2v) is 6.29. The van der Waals surface area contributed by atoms with Crippen LogP contribution in [0.1, 0.15) is 46.5 Å². The lowest BCUT2D eigenvalue weighted by Gasteiger charge is -2.28. The van der Waals surface area contributed by atoms with Crippen molar-refractivity contribution < 1.29 is 4.79 Å². The first-order valence-corrected chi connectivity index (χ1v) is 6.17. The van der Waals surface area contributed by atoms with E-state index in [1.54, 1.807) is 0 Å². The molecule has 0 amide bonds. The van der Waals surface area contributed by atoms with Crippen molar-refractivity contribution in [2.75, 3.05) is 7.05 Å². The van der Waals surface area contributed by atoms with Gasteiger partial charge in [-0.05, 0) is 32.2 Å². The summed E-state index contributed by atoms with van der Waals surface area (Å²) in [5.41, 5.74) is -0.183. The Labute approximate surface area is 93.0 Å². The third kappa shape index (κ3) is 1.84. The number of carbonyl (C=O) groups excluding carboxylic acids is 1. The molecule has 1 aliphatic heterocycles. The van der Waals surface area contributed by atoms with Gasteiger partial charge in [-0.3, -0.25) is 9.69 Å². The van der Waals surface area contributed by atoms with Gasteiger partial charge >= 0.3 is 0 Å². The number of carbonyl (C=O) groups is 1. The van der Waals surface area contributed by atoms with Crippen molar-refractivity contribution in [3.63, 3.8) is 0 Å². The highest BCUT2D eigenvalue weighted by molar-refractivity contribution is 5.89. The number of hydrogen-bond donors (Lipinski definition) is 0. The zero-order valence-electron chi connectivity index (χ0n) is 10.4. The van der Waals surface area contributed by atoms with Gasteiger partial charge in [0.15, 0.2) is 5.78 Å². The first-order valence-electron chi connectivity index (χ1n) is 6.17. The van der Waals surface area contributed by atoms with Gasteiger partial charge in [0.05, 0.1) is 6.04 Å². The summed E-state index contributed by atoms with van der Waals surface area (Å²) in [5, 5.41) is 0. The van der Waals surface area contributed by atoms with E-state index in [0.717, 1.165) is 12.3 Å². The van der Waals surface area contributed by atoms with Crippen molar-refractivity contribution in [3.05, 3.63) is 0 Å². The third-order valence-electron chi connectivity index (χ3n) is 4.20. The molecule has 1 aliphatic carbocycles. The molecule has 2 nitrogen and oxygen atoms in total. The SMILES string of the molecule is CN1C(C(=O)C(C)(C)C)CC2CCCC21. The first-order chi connectivity index (χ1) is 6.91. The number of fused-ring (bicyclic) bond motifs is 1. The smallest absolute Gasteiger partial charge is 0.155 e. The van der Waals surface area contributed by atoms with Gasteiger partial charge in [0.2, 0.25) is 0 Å². The number of rotatable bonds is 1. The van der Waals surface area contributed by atoms with Crippen LogP contribution in [0.5, 0.6) is 0 Å². The van der Waals surface area contributed by atoms with Gasteiger partial charge in [0, 0.05) is 11.5 Å². The minimum absolute atomic E-state index is 0.183. The molecule has 1 heterocycles. The topological polar surface area (TPSA) is 20.3 Å². The van der Waals surface area contributed by atoms with E-state index in [-0.39, 0.29) is 11.5 Å². The van der Waals surface area contributed by atoms with E-state index in [9.17, 15) is 4.79 Å². The lowest BCUT2D eigenvalue weighted by Crippen LogP contribution is -2.42. The molecule has 15 heavy (non-hydrogen) atoms. The zero-order chi connectivity index (χ0) is 11.2. The summed E-state index contributed by atoms with van der Waals surface area (Å²) in [6.45, 7) is 6.12. The van der Waals surface area contributed by atoms with Gasteiger partial charge < -0.3 is 0 Å². The molecule has 2 fully saturated rings. The number of likely N-dealkylation sites (tertiary alicyclic amines) is 1. The fourth-order valence-electron chi connectivity index (χ4n) is 3.30. The molecule has 0 bridgehead atoms. The van der Waals surface area contributed by atoms with Crippen LogP contribution < -0.4 is 0 Å². The van der Waals surface area contributed by atoms with Crippen molar-refractivity contribution >= 4 is 5.78 Å². The molecule has 0 spiro atoms. The van der Waals surface area contributed by atoms with Crippen molar-refractivity contribution in [2.45, 2.75) is 58.5 Å². The van der Waals surface area contributed by atoms with Crippen LogP contribution in [0.2, 0.25) is 0 Å². The summed E-state index contributed by atoms with van der Waals surface area (Å²) in [4.78, 5) is 14.6. The Balaban J connectivity index is 2.10. The summed E-state index contributed by atoms with van der Waals surface area (Å²) >= 11 is 0. The monoisotopic (exact) mass is 209 g/mol. The Morgan fingerprint density at radius 3 is 2.47 bits per heavy atom. The molecule has 0 aromatic carbocycles. The average Bonchev–Trinajstić information content (AvgIpc) is 2.66. The van der Waals surface area contributed by atoms with Crippen molar-refractivity contribution in [1.29, 1.82) is 0 Å². The molecular weight excluding hydrogens is 186 g/mol. The van der Waals surface area contributed by atoms with Gasteiger partial charge in [-0.15, -0.1) is 0 Å². The lowest BCUT2D eigenvalue weighted by atomic mass is 9.84. The highest BCUT2D eigenvalue weighted by atomic mass is 16.1. The number of Topliss-reactive ketones (excluding diaryl/α,β-unsaturated/α-hetero) is 1.